The molecule has 1 aliphatic rings. The van der Waals surface area contributed by atoms with E-state index < -0.39 is 12.2 Å². The van der Waals surface area contributed by atoms with Gasteiger partial charge in [-0.3, -0.25) is 0 Å². The summed E-state index contributed by atoms with van der Waals surface area (Å²) in [5, 5.41) is 34.5. The number of aliphatic hydroxyl groups excluding tert-OH is 3. The molecular weight excluding hydrogens is 368 g/mol. The van der Waals surface area contributed by atoms with Gasteiger partial charge in [-0.25, -0.2) is 0 Å². The Morgan fingerprint density at radius 3 is 1.89 bits per heavy atom. The number of halogens is 1. The average molecular weight is 399 g/mol. The molecule has 2 aromatic carbocycles. The second-order valence-electron chi connectivity index (χ2n) is 5.52. The van der Waals surface area contributed by atoms with Gasteiger partial charge in [0.1, 0.15) is 5.75 Å². The summed E-state index contributed by atoms with van der Waals surface area (Å²) >= 11 is 6.06. The number of aliphatic hydroxyl groups is 3. The van der Waals surface area contributed by atoms with Gasteiger partial charge in [-0.2, -0.15) is 0 Å². The fraction of sp³-hybridized carbons (Fsp3) is 0.429. The molecule has 0 amide bonds. The van der Waals surface area contributed by atoms with Crippen LogP contribution in [0.5, 0.6) is 5.75 Å². The maximum atomic E-state index is 9.15. The lowest BCUT2D eigenvalue weighted by Crippen LogP contribution is -2.32. The van der Waals surface area contributed by atoms with E-state index >= 15 is 0 Å². The van der Waals surface area contributed by atoms with Crippen LogP contribution in [0.3, 0.4) is 0 Å². The molecule has 0 spiro atoms. The molecule has 152 valence electrons. The maximum absolute atomic E-state index is 9.15. The predicted molar refractivity (Wildman–Crippen MR) is 109 cm³/mol. The Morgan fingerprint density at radius 2 is 1.44 bits per heavy atom. The summed E-state index contributed by atoms with van der Waals surface area (Å²) < 4.78 is 4.79. The minimum Gasteiger partial charge on any atom is -0.508 e. The van der Waals surface area contributed by atoms with Crippen LogP contribution in [0.15, 0.2) is 48.5 Å². The quantitative estimate of drug-likeness (QED) is 0.622. The van der Waals surface area contributed by atoms with Crippen molar-refractivity contribution in [2.24, 2.45) is 0 Å². The van der Waals surface area contributed by atoms with Crippen molar-refractivity contribution in [2.45, 2.75) is 38.9 Å². The van der Waals surface area contributed by atoms with E-state index in [4.69, 9.17) is 36.8 Å². The summed E-state index contributed by atoms with van der Waals surface area (Å²) in [4.78, 5) is 0. The van der Waals surface area contributed by atoms with Crippen LogP contribution in [0.2, 0.25) is 5.02 Å². The third-order valence-corrected chi connectivity index (χ3v) is 3.82. The molecule has 1 heterocycles. The highest BCUT2D eigenvalue weighted by atomic mass is 35.5. The van der Waals surface area contributed by atoms with Crippen molar-refractivity contribution in [3.8, 4) is 5.75 Å². The maximum Gasteiger partial charge on any atom is 0.115 e. The number of aromatic hydroxyl groups is 1. The monoisotopic (exact) mass is 398 g/mol. The van der Waals surface area contributed by atoms with Gasteiger partial charge in [0.2, 0.25) is 0 Å². The predicted octanol–water partition coefficient (Wildman–Crippen LogP) is 3.40. The molecule has 0 radical (unpaired) electrons. The summed E-state index contributed by atoms with van der Waals surface area (Å²) in [6.07, 6.45) is 0.331. The lowest BCUT2D eigenvalue weighted by Gasteiger charge is -2.21. The van der Waals surface area contributed by atoms with Crippen LogP contribution in [0, 0.1) is 0 Å². The number of hydrogen-bond donors (Lipinski definition) is 4. The molecule has 2 atom stereocenters. The van der Waals surface area contributed by atoms with Crippen LogP contribution in [0.1, 0.15) is 31.4 Å². The van der Waals surface area contributed by atoms with Crippen LogP contribution in [-0.2, 0) is 11.2 Å². The molecule has 1 fully saturated rings. The highest BCUT2D eigenvalue weighted by molar-refractivity contribution is 6.31. The average Bonchev–Trinajstić information content (AvgIpc) is 2.69. The van der Waals surface area contributed by atoms with Crippen molar-refractivity contribution in [3.05, 3.63) is 64.7 Å². The first-order chi connectivity index (χ1) is 13.0. The molecule has 5 nitrogen and oxygen atoms in total. The normalized spacial score (nSPS) is 17.9. The summed E-state index contributed by atoms with van der Waals surface area (Å²) in [6, 6.07) is 15.0. The zero-order valence-corrected chi connectivity index (χ0v) is 16.9. The minimum atomic E-state index is -0.459. The van der Waals surface area contributed by atoms with Gasteiger partial charge < -0.3 is 25.2 Å². The van der Waals surface area contributed by atoms with Gasteiger partial charge in [0, 0.05) is 18.6 Å². The van der Waals surface area contributed by atoms with E-state index in [1.54, 1.807) is 12.1 Å². The van der Waals surface area contributed by atoms with Crippen molar-refractivity contribution in [1.29, 1.82) is 0 Å². The second-order valence-corrected chi connectivity index (χ2v) is 5.92. The zero-order chi connectivity index (χ0) is 20.7. The van der Waals surface area contributed by atoms with E-state index in [2.05, 4.69) is 0 Å². The molecule has 1 aliphatic heterocycles. The Kier molecular flexibility index (Phi) is 14.5. The molecule has 2 unspecified atom stereocenters. The third kappa shape index (κ3) is 11.0. The van der Waals surface area contributed by atoms with Crippen LogP contribution in [-0.4, -0.2) is 53.0 Å². The SMILES string of the molecule is CC.CO.OC1COCC(O)C1.Oc1ccc(Cc2ccccc2Cl)cc1. The molecule has 3 rings (SSSR count). The molecule has 27 heavy (non-hydrogen) atoms. The van der Waals surface area contributed by atoms with Crippen LogP contribution in [0.25, 0.3) is 0 Å². The summed E-state index contributed by atoms with van der Waals surface area (Å²) in [6.45, 7) is 4.74. The highest BCUT2D eigenvalue weighted by Crippen LogP contribution is 2.20. The Balaban J connectivity index is 0.000000477. The fourth-order valence-electron chi connectivity index (χ4n) is 2.27. The van der Waals surface area contributed by atoms with Crippen LogP contribution in [0.4, 0.5) is 0 Å². The standard InChI is InChI=1S/C13H11ClO.C5H10O3.C2H6.CH4O/c14-13-4-2-1-3-11(13)9-10-5-7-12(15)8-6-10;6-4-1-5(7)3-8-2-4;2*1-2/h1-8,15H,9H2;4-7H,1-3H2;1-2H3;2H,1H3. The van der Waals surface area contributed by atoms with Crippen molar-refractivity contribution in [2.75, 3.05) is 20.3 Å². The lowest BCUT2D eigenvalue weighted by atomic mass is 10.1. The lowest BCUT2D eigenvalue weighted by molar-refractivity contribution is -0.0714. The number of benzene rings is 2. The molecule has 2 aromatic rings. The first kappa shape index (κ1) is 25.4. The van der Waals surface area contributed by atoms with Crippen molar-refractivity contribution >= 4 is 11.6 Å². The molecule has 1 saturated heterocycles. The van der Waals surface area contributed by atoms with E-state index in [1.807, 2.05) is 50.2 Å². The number of phenolic OH excluding ortho intramolecular Hbond substituents is 1. The third-order valence-electron chi connectivity index (χ3n) is 3.45. The van der Waals surface area contributed by atoms with E-state index in [9.17, 15) is 0 Å². The van der Waals surface area contributed by atoms with E-state index in [0.29, 0.717) is 19.6 Å². The Bertz CT molecular complexity index is 596. The van der Waals surface area contributed by atoms with Crippen LogP contribution >= 0.6 is 11.6 Å². The molecular formula is C21H31ClO5. The summed E-state index contributed by atoms with van der Waals surface area (Å²) in [5.41, 5.74) is 2.24. The molecule has 4 N–H and O–H groups in total. The van der Waals surface area contributed by atoms with Gasteiger partial charge in [-0.15, -0.1) is 0 Å². The molecule has 6 heteroatoms. The van der Waals surface area contributed by atoms with Crippen molar-refractivity contribution in [3.63, 3.8) is 0 Å². The number of ether oxygens (including phenoxy) is 1. The van der Waals surface area contributed by atoms with Gasteiger partial charge >= 0.3 is 0 Å². The largest absolute Gasteiger partial charge is 0.508 e. The van der Waals surface area contributed by atoms with Crippen LogP contribution < -0.4 is 0 Å². The Morgan fingerprint density at radius 1 is 0.926 bits per heavy atom. The number of phenols is 1. The zero-order valence-electron chi connectivity index (χ0n) is 16.2. The highest BCUT2D eigenvalue weighted by Gasteiger charge is 2.17. The van der Waals surface area contributed by atoms with E-state index in [0.717, 1.165) is 29.7 Å². The summed E-state index contributed by atoms with van der Waals surface area (Å²) in [7, 11) is 1.00. The second kappa shape index (κ2) is 15.4. The first-order valence-corrected chi connectivity index (χ1v) is 9.32. The topological polar surface area (TPSA) is 90.2 Å². The Labute approximate surface area is 166 Å². The molecule has 0 saturated carbocycles. The van der Waals surface area contributed by atoms with Gasteiger partial charge in [0.25, 0.3) is 0 Å². The molecule has 0 aliphatic carbocycles. The fourth-order valence-corrected chi connectivity index (χ4v) is 2.47. The Hall–Kier alpha value is -1.63. The van der Waals surface area contributed by atoms with Gasteiger partial charge in [0.05, 0.1) is 25.4 Å². The first-order valence-electron chi connectivity index (χ1n) is 8.94. The van der Waals surface area contributed by atoms with Crippen molar-refractivity contribution < 1.29 is 25.2 Å². The molecule has 0 aromatic heterocycles. The van der Waals surface area contributed by atoms with Gasteiger partial charge in [-0.05, 0) is 35.7 Å². The van der Waals surface area contributed by atoms with Crippen molar-refractivity contribution in [1.82, 2.24) is 0 Å². The minimum absolute atomic E-state index is 0.290. The number of hydrogen-bond acceptors (Lipinski definition) is 5. The van der Waals surface area contributed by atoms with Gasteiger partial charge in [-0.1, -0.05) is 55.8 Å². The smallest absolute Gasteiger partial charge is 0.115 e. The summed E-state index contributed by atoms with van der Waals surface area (Å²) in [5.74, 6) is 0.290. The van der Waals surface area contributed by atoms with E-state index in [1.165, 1.54) is 0 Å². The molecule has 0 bridgehead atoms. The van der Waals surface area contributed by atoms with Gasteiger partial charge in [0.15, 0.2) is 0 Å². The van der Waals surface area contributed by atoms with E-state index in [-0.39, 0.29) is 5.75 Å². The number of rotatable bonds is 2.